The van der Waals surface area contributed by atoms with Crippen LogP contribution in [0.2, 0.25) is 0 Å². The molecule has 0 amide bonds. The molecule has 0 unspecified atom stereocenters. The van der Waals surface area contributed by atoms with Gasteiger partial charge in [-0.15, -0.1) is 0 Å². The van der Waals surface area contributed by atoms with Crippen LogP contribution in [0, 0.1) is 5.82 Å². The SMILES string of the molecule is CC(C)(N)c1cc(F)ccc1OC1CC1. The minimum absolute atomic E-state index is 0.272. The van der Waals surface area contributed by atoms with Crippen LogP contribution in [0.3, 0.4) is 0 Å². The third-order valence-electron chi connectivity index (χ3n) is 2.45. The van der Waals surface area contributed by atoms with Crippen LogP contribution in [0.25, 0.3) is 0 Å². The zero-order valence-corrected chi connectivity index (χ0v) is 9.09. The smallest absolute Gasteiger partial charge is 0.124 e. The fourth-order valence-corrected chi connectivity index (χ4v) is 1.47. The lowest BCUT2D eigenvalue weighted by Gasteiger charge is -2.22. The first kappa shape index (κ1) is 10.4. The number of nitrogens with two attached hydrogens (primary N) is 1. The first-order valence-electron chi connectivity index (χ1n) is 5.22. The molecule has 0 aromatic heterocycles. The summed E-state index contributed by atoms with van der Waals surface area (Å²) in [7, 11) is 0. The zero-order chi connectivity index (χ0) is 11.1. The highest BCUT2D eigenvalue weighted by atomic mass is 19.1. The molecule has 0 bridgehead atoms. The van der Waals surface area contributed by atoms with Crippen LogP contribution in [0.5, 0.6) is 5.75 Å². The quantitative estimate of drug-likeness (QED) is 0.830. The molecule has 0 spiro atoms. The molecule has 15 heavy (non-hydrogen) atoms. The van der Waals surface area contributed by atoms with Crippen molar-refractivity contribution in [2.45, 2.75) is 38.3 Å². The second-order valence-electron chi connectivity index (χ2n) is 4.68. The molecule has 0 atom stereocenters. The van der Waals surface area contributed by atoms with Crippen LogP contribution in [0.4, 0.5) is 4.39 Å². The van der Waals surface area contributed by atoms with E-state index in [-0.39, 0.29) is 5.82 Å². The Bertz CT molecular complexity index is 366. The summed E-state index contributed by atoms with van der Waals surface area (Å²) in [5.74, 6) is 0.443. The Kier molecular flexibility index (Phi) is 2.43. The van der Waals surface area contributed by atoms with Gasteiger partial charge in [-0.05, 0) is 44.9 Å². The van der Waals surface area contributed by atoms with E-state index in [4.69, 9.17) is 10.5 Å². The largest absolute Gasteiger partial charge is 0.490 e. The Morgan fingerprint density at radius 2 is 2.07 bits per heavy atom. The summed E-state index contributed by atoms with van der Waals surface area (Å²) in [6, 6.07) is 4.53. The van der Waals surface area contributed by atoms with E-state index in [1.807, 2.05) is 13.8 Å². The first-order chi connectivity index (χ1) is 6.97. The number of ether oxygens (including phenoxy) is 1. The van der Waals surface area contributed by atoms with E-state index in [9.17, 15) is 4.39 Å². The van der Waals surface area contributed by atoms with Crippen LogP contribution in [0.15, 0.2) is 18.2 Å². The maximum Gasteiger partial charge on any atom is 0.124 e. The van der Waals surface area contributed by atoms with Gasteiger partial charge < -0.3 is 10.5 Å². The molecule has 2 rings (SSSR count). The molecule has 1 fully saturated rings. The molecule has 2 nitrogen and oxygen atoms in total. The topological polar surface area (TPSA) is 35.2 Å². The van der Waals surface area contributed by atoms with Crippen LogP contribution < -0.4 is 10.5 Å². The van der Waals surface area contributed by atoms with Crippen molar-refractivity contribution in [3.8, 4) is 5.75 Å². The van der Waals surface area contributed by atoms with Gasteiger partial charge in [-0.3, -0.25) is 0 Å². The maximum absolute atomic E-state index is 13.1. The van der Waals surface area contributed by atoms with Crippen molar-refractivity contribution in [2.24, 2.45) is 5.73 Å². The normalized spacial score (nSPS) is 16.5. The molecule has 1 aliphatic rings. The average Bonchev–Trinajstić information content (AvgIpc) is 2.90. The molecular weight excluding hydrogens is 193 g/mol. The first-order valence-corrected chi connectivity index (χ1v) is 5.22. The molecule has 1 aromatic rings. The van der Waals surface area contributed by atoms with E-state index in [0.29, 0.717) is 11.9 Å². The van der Waals surface area contributed by atoms with Gasteiger partial charge in [0.2, 0.25) is 0 Å². The number of rotatable bonds is 3. The highest BCUT2D eigenvalue weighted by molar-refractivity contribution is 5.39. The third-order valence-corrected chi connectivity index (χ3v) is 2.45. The molecule has 0 radical (unpaired) electrons. The van der Waals surface area contributed by atoms with Gasteiger partial charge in [0.1, 0.15) is 11.6 Å². The molecular formula is C12H16FNO. The van der Waals surface area contributed by atoms with E-state index < -0.39 is 5.54 Å². The highest BCUT2D eigenvalue weighted by Crippen LogP contribution is 2.33. The summed E-state index contributed by atoms with van der Waals surface area (Å²) in [6.45, 7) is 3.70. The summed E-state index contributed by atoms with van der Waals surface area (Å²) in [6.07, 6.45) is 2.47. The minimum atomic E-state index is -0.577. The maximum atomic E-state index is 13.1. The summed E-state index contributed by atoms with van der Waals surface area (Å²) in [5, 5.41) is 0. The van der Waals surface area contributed by atoms with Crippen LogP contribution in [0.1, 0.15) is 32.3 Å². The van der Waals surface area contributed by atoms with Gasteiger partial charge in [0.05, 0.1) is 6.10 Å². The zero-order valence-electron chi connectivity index (χ0n) is 9.09. The predicted molar refractivity (Wildman–Crippen MR) is 57.3 cm³/mol. The lowest BCUT2D eigenvalue weighted by Crippen LogP contribution is -2.29. The predicted octanol–water partition coefficient (Wildman–Crippen LogP) is 2.56. The average molecular weight is 209 g/mol. The van der Waals surface area contributed by atoms with E-state index in [1.54, 1.807) is 6.07 Å². The summed E-state index contributed by atoms with van der Waals surface area (Å²) >= 11 is 0. The number of hydrogen-bond donors (Lipinski definition) is 1. The number of halogens is 1. The molecule has 2 N–H and O–H groups in total. The monoisotopic (exact) mass is 209 g/mol. The molecule has 1 aliphatic carbocycles. The fraction of sp³-hybridized carbons (Fsp3) is 0.500. The highest BCUT2D eigenvalue weighted by Gasteiger charge is 2.27. The lowest BCUT2D eigenvalue weighted by molar-refractivity contribution is 0.293. The van der Waals surface area contributed by atoms with Gasteiger partial charge in [0, 0.05) is 11.1 Å². The summed E-state index contributed by atoms with van der Waals surface area (Å²) in [5.41, 5.74) is 6.13. The second-order valence-corrected chi connectivity index (χ2v) is 4.68. The Balaban J connectivity index is 2.34. The van der Waals surface area contributed by atoms with Crippen LogP contribution in [-0.2, 0) is 5.54 Å². The second kappa shape index (κ2) is 3.49. The Morgan fingerprint density at radius 1 is 1.40 bits per heavy atom. The van der Waals surface area contributed by atoms with Crippen molar-refractivity contribution >= 4 is 0 Å². The molecule has 0 heterocycles. The van der Waals surface area contributed by atoms with Crippen molar-refractivity contribution < 1.29 is 9.13 Å². The Hall–Kier alpha value is -1.09. The van der Waals surface area contributed by atoms with Crippen molar-refractivity contribution in [1.82, 2.24) is 0 Å². The molecule has 0 saturated heterocycles. The van der Waals surface area contributed by atoms with Crippen molar-refractivity contribution in [3.05, 3.63) is 29.6 Å². The summed E-state index contributed by atoms with van der Waals surface area (Å²) < 4.78 is 18.8. The minimum Gasteiger partial charge on any atom is -0.490 e. The van der Waals surface area contributed by atoms with Crippen molar-refractivity contribution in [2.75, 3.05) is 0 Å². The van der Waals surface area contributed by atoms with E-state index in [1.165, 1.54) is 12.1 Å². The van der Waals surface area contributed by atoms with Crippen LogP contribution >= 0.6 is 0 Å². The van der Waals surface area contributed by atoms with Gasteiger partial charge in [-0.2, -0.15) is 0 Å². The molecule has 3 heteroatoms. The van der Waals surface area contributed by atoms with Gasteiger partial charge >= 0.3 is 0 Å². The Labute approximate surface area is 89.2 Å². The van der Waals surface area contributed by atoms with Gasteiger partial charge in [-0.25, -0.2) is 4.39 Å². The summed E-state index contributed by atoms with van der Waals surface area (Å²) in [4.78, 5) is 0. The van der Waals surface area contributed by atoms with Crippen molar-refractivity contribution in [1.29, 1.82) is 0 Å². The van der Waals surface area contributed by atoms with Gasteiger partial charge in [-0.1, -0.05) is 0 Å². The molecule has 0 aliphatic heterocycles. The van der Waals surface area contributed by atoms with E-state index >= 15 is 0 Å². The van der Waals surface area contributed by atoms with Gasteiger partial charge in [0.25, 0.3) is 0 Å². The van der Waals surface area contributed by atoms with E-state index in [0.717, 1.165) is 18.4 Å². The number of benzene rings is 1. The number of hydrogen-bond acceptors (Lipinski definition) is 2. The fourth-order valence-electron chi connectivity index (χ4n) is 1.47. The van der Waals surface area contributed by atoms with Crippen LogP contribution in [-0.4, -0.2) is 6.10 Å². The Morgan fingerprint density at radius 3 is 2.60 bits per heavy atom. The van der Waals surface area contributed by atoms with E-state index in [2.05, 4.69) is 0 Å². The molecule has 1 saturated carbocycles. The third kappa shape index (κ3) is 2.48. The standard InChI is InChI=1S/C12H16FNO/c1-12(2,14)10-7-8(13)3-6-11(10)15-9-4-5-9/h3,6-7,9H,4-5,14H2,1-2H3. The van der Waals surface area contributed by atoms with Crippen molar-refractivity contribution in [3.63, 3.8) is 0 Å². The van der Waals surface area contributed by atoms with Gasteiger partial charge in [0.15, 0.2) is 0 Å². The molecule has 1 aromatic carbocycles. The lowest BCUT2D eigenvalue weighted by atomic mass is 9.94. The molecule has 82 valence electrons.